The molecule has 5 heteroatoms. The summed E-state index contributed by atoms with van der Waals surface area (Å²) in [6, 6.07) is 21.2. The maximum absolute atomic E-state index is 12.7. The number of hydrogen-bond acceptors (Lipinski definition) is 3. The number of benzene rings is 3. The smallest absolute Gasteiger partial charge is 0.340 e. The van der Waals surface area contributed by atoms with Crippen LogP contribution in [0.25, 0.3) is 0 Å². The molecule has 1 amide bonds. The highest BCUT2D eigenvalue weighted by molar-refractivity contribution is 6.34. The molecule has 4 nitrogen and oxygen atoms in total. The van der Waals surface area contributed by atoms with Gasteiger partial charge in [0.15, 0.2) is 0 Å². The molecule has 3 aromatic rings. The molecule has 0 fully saturated rings. The van der Waals surface area contributed by atoms with Crippen molar-refractivity contribution in [3.05, 3.63) is 100 Å². The van der Waals surface area contributed by atoms with Crippen LogP contribution < -0.4 is 5.32 Å². The SMILES string of the molecule is CCOC(=O)c1ccccc1NC(=O)c1ccc(C#Cc2ccccc2)cc1Cl. The number of halogens is 1. The summed E-state index contributed by atoms with van der Waals surface area (Å²) in [4.78, 5) is 24.7. The number of para-hydroxylation sites is 1. The molecule has 0 bridgehead atoms. The van der Waals surface area contributed by atoms with E-state index in [0.29, 0.717) is 11.3 Å². The van der Waals surface area contributed by atoms with E-state index in [1.807, 2.05) is 30.3 Å². The Hall–Kier alpha value is -3.55. The summed E-state index contributed by atoms with van der Waals surface area (Å²) in [5, 5.41) is 3.00. The van der Waals surface area contributed by atoms with Crippen LogP contribution in [0.3, 0.4) is 0 Å². The standard InChI is InChI=1S/C24H18ClNO3/c1-2-29-24(28)20-10-6-7-11-22(20)26-23(27)19-15-14-18(16-21(19)25)13-12-17-8-4-3-5-9-17/h3-11,14-16H,2H2,1H3,(H,26,27). The third-order valence-electron chi connectivity index (χ3n) is 4.01. The van der Waals surface area contributed by atoms with Gasteiger partial charge in [0.2, 0.25) is 0 Å². The molecule has 3 rings (SSSR count). The zero-order valence-electron chi connectivity index (χ0n) is 15.7. The van der Waals surface area contributed by atoms with Crippen LogP contribution in [0.15, 0.2) is 72.8 Å². The van der Waals surface area contributed by atoms with Crippen molar-refractivity contribution in [2.45, 2.75) is 6.92 Å². The van der Waals surface area contributed by atoms with Crippen LogP contribution in [0.2, 0.25) is 5.02 Å². The van der Waals surface area contributed by atoms with Crippen LogP contribution in [0.1, 0.15) is 38.8 Å². The lowest BCUT2D eigenvalue weighted by Gasteiger charge is -2.11. The number of hydrogen-bond donors (Lipinski definition) is 1. The predicted octanol–water partition coefficient (Wildman–Crippen LogP) is 5.17. The molecule has 0 aromatic heterocycles. The van der Waals surface area contributed by atoms with E-state index in [-0.39, 0.29) is 22.8 Å². The Labute approximate surface area is 174 Å². The molecule has 0 spiro atoms. The first-order chi connectivity index (χ1) is 14.1. The minimum absolute atomic E-state index is 0.248. The quantitative estimate of drug-likeness (QED) is 0.483. The van der Waals surface area contributed by atoms with Gasteiger partial charge in [-0.15, -0.1) is 0 Å². The van der Waals surface area contributed by atoms with Gasteiger partial charge in [0.05, 0.1) is 28.4 Å². The van der Waals surface area contributed by atoms with Gasteiger partial charge in [0.25, 0.3) is 5.91 Å². The Balaban J connectivity index is 1.79. The summed E-state index contributed by atoms with van der Waals surface area (Å²) in [5.74, 6) is 5.16. The minimum Gasteiger partial charge on any atom is -0.462 e. The molecular weight excluding hydrogens is 386 g/mol. The molecule has 3 aromatic carbocycles. The van der Waals surface area contributed by atoms with Crippen LogP contribution in [-0.4, -0.2) is 18.5 Å². The maximum Gasteiger partial charge on any atom is 0.340 e. The van der Waals surface area contributed by atoms with Crippen molar-refractivity contribution >= 4 is 29.2 Å². The van der Waals surface area contributed by atoms with Crippen molar-refractivity contribution < 1.29 is 14.3 Å². The van der Waals surface area contributed by atoms with Gasteiger partial charge in [-0.25, -0.2) is 4.79 Å². The van der Waals surface area contributed by atoms with Crippen LogP contribution in [0.4, 0.5) is 5.69 Å². The first-order valence-corrected chi connectivity index (χ1v) is 9.40. The minimum atomic E-state index is -0.499. The van der Waals surface area contributed by atoms with E-state index in [1.165, 1.54) is 0 Å². The second-order valence-corrected chi connectivity index (χ2v) is 6.44. The van der Waals surface area contributed by atoms with Crippen molar-refractivity contribution in [1.82, 2.24) is 0 Å². The Morgan fingerprint density at radius 3 is 2.31 bits per heavy atom. The van der Waals surface area contributed by atoms with Crippen molar-refractivity contribution in [2.24, 2.45) is 0 Å². The van der Waals surface area contributed by atoms with Gasteiger partial charge in [-0.3, -0.25) is 4.79 Å². The molecule has 0 radical (unpaired) electrons. The molecule has 29 heavy (non-hydrogen) atoms. The van der Waals surface area contributed by atoms with Crippen molar-refractivity contribution in [3.63, 3.8) is 0 Å². The zero-order valence-corrected chi connectivity index (χ0v) is 16.5. The Bertz CT molecular complexity index is 1100. The van der Waals surface area contributed by atoms with Crippen LogP contribution in [-0.2, 0) is 4.74 Å². The summed E-state index contributed by atoms with van der Waals surface area (Å²) in [7, 11) is 0. The van der Waals surface area contributed by atoms with Gasteiger partial charge < -0.3 is 10.1 Å². The van der Waals surface area contributed by atoms with Gasteiger partial charge >= 0.3 is 5.97 Å². The molecule has 0 aliphatic heterocycles. The fourth-order valence-electron chi connectivity index (χ4n) is 2.61. The normalized spacial score (nSPS) is 9.86. The zero-order chi connectivity index (χ0) is 20.6. The lowest BCUT2D eigenvalue weighted by Crippen LogP contribution is -2.16. The van der Waals surface area contributed by atoms with Crippen molar-refractivity contribution in [2.75, 3.05) is 11.9 Å². The van der Waals surface area contributed by atoms with E-state index in [0.717, 1.165) is 5.56 Å². The average Bonchev–Trinajstić information content (AvgIpc) is 2.73. The number of nitrogens with one attached hydrogen (secondary N) is 1. The molecule has 0 saturated carbocycles. The van der Waals surface area contributed by atoms with E-state index < -0.39 is 11.9 Å². The average molecular weight is 404 g/mol. The first-order valence-electron chi connectivity index (χ1n) is 9.02. The number of amides is 1. The van der Waals surface area contributed by atoms with Gasteiger partial charge in [-0.2, -0.15) is 0 Å². The summed E-state index contributed by atoms with van der Waals surface area (Å²) < 4.78 is 5.03. The van der Waals surface area contributed by atoms with E-state index in [4.69, 9.17) is 16.3 Å². The van der Waals surface area contributed by atoms with E-state index in [2.05, 4.69) is 17.2 Å². The largest absolute Gasteiger partial charge is 0.462 e. The summed E-state index contributed by atoms with van der Waals surface area (Å²) in [6.07, 6.45) is 0. The van der Waals surface area contributed by atoms with Gasteiger partial charge in [0.1, 0.15) is 0 Å². The fourth-order valence-corrected chi connectivity index (χ4v) is 2.88. The van der Waals surface area contributed by atoms with Crippen molar-refractivity contribution in [3.8, 4) is 11.8 Å². The highest BCUT2D eigenvalue weighted by Gasteiger charge is 2.16. The van der Waals surface area contributed by atoms with Crippen LogP contribution in [0.5, 0.6) is 0 Å². The second-order valence-electron chi connectivity index (χ2n) is 6.03. The third-order valence-corrected chi connectivity index (χ3v) is 4.32. The fraction of sp³-hybridized carbons (Fsp3) is 0.0833. The van der Waals surface area contributed by atoms with E-state index >= 15 is 0 Å². The molecule has 0 heterocycles. The highest BCUT2D eigenvalue weighted by atomic mass is 35.5. The lowest BCUT2D eigenvalue weighted by molar-refractivity contribution is 0.0527. The summed E-state index contributed by atoms with van der Waals surface area (Å²) >= 11 is 6.30. The maximum atomic E-state index is 12.7. The Morgan fingerprint density at radius 1 is 0.897 bits per heavy atom. The molecule has 0 unspecified atom stereocenters. The first kappa shape index (κ1) is 20.2. The predicted molar refractivity (Wildman–Crippen MR) is 114 cm³/mol. The number of anilines is 1. The molecule has 144 valence electrons. The molecular formula is C24H18ClNO3. The number of esters is 1. The Kier molecular flexibility index (Phi) is 6.67. The molecule has 1 N–H and O–H groups in total. The number of carbonyl (C=O) groups excluding carboxylic acids is 2. The summed E-state index contributed by atoms with van der Waals surface area (Å²) in [6.45, 7) is 1.97. The second kappa shape index (κ2) is 9.59. The molecule has 0 aliphatic rings. The molecule has 0 aliphatic carbocycles. The number of carbonyl (C=O) groups is 2. The molecule has 0 saturated heterocycles. The van der Waals surface area contributed by atoms with Gasteiger partial charge in [-0.05, 0) is 49.4 Å². The summed E-state index contributed by atoms with van der Waals surface area (Å²) in [5.41, 5.74) is 2.52. The van der Waals surface area contributed by atoms with Crippen LogP contribution >= 0.6 is 11.6 Å². The Morgan fingerprint density at radius 2 is 1.59 bits per heavy atom. The highest BCUT2D eigenvalue weighted by Crippen LogP contribution is 2.22. The van der Waals surface area contributed by atoms with E-state index in [9.17, 15) is 9.59 Å². The van der Waals surface area contributed by atoms with Gasteiger partial charge in [-0.1, -0.05) is 53.8 Å². The van der Waals surface area contributed by atoms with Gasteiger partial charge in [0, 0.05) is 11.1 Å². The lowest BCUT2D eigenvalue weighted by atomic mass is 10.1. The monoisotopic (exact) mass is 403 g/mol. The van der Waals surface area contributed by atoms with Crippen LogP contribution in [0, 0.1) is 11.8 Å². The number of ether oxygens (including phenoxy) is 1. The van der Waals surface area contributed by atoms with E-state index in [1.54, 1.807) is 49.4 Å². The third kappa shape index (κ3) is 5.25. The topological polar surface area (TPSA) is 55.4 Å². The molecule has 0 atom stereocenters. The van der Waals surface area contributed by atoms with Crippen molar-refractivity contribution in [1.29, 1.82) is 0 Å². The number of rotatable bonds is 4.